The van der Waals surface area contributed by atoms with Crippen LogP contribution in [0.1, 0.15) is 12.8 Å². The molecule has 1 heterocycles. The maximum atomic E-state index is 13.6. The minimum atomic E-state index is -0.924. The number of benzene rings is 1. The Balaban J connectivity index is 2.01. The minimum Gasteiger partial charge on any atom is -0.481 e. The Morgan fingerprint density at radius 2 is 2.00 bits per heavy atom. The summed E-state index contributed by atoms with van der Waals surface area (Å²) in [4.78, 5) is 23.9. The summed E-state index contributed by atoms with van der Waals surface area (Å²) in [5, 5.41) is 10.9. The highest BCUT2D eigenvalue weighted by Crippen LogP contribution is 2.25. The molecule has 1 atom stereocenters. The van der Waals surface area contributed by atoms with Crippen LogP contribution in [0.25, 0.3) is 0 Å². The third-order valence-corrected chi connectivity index (χ3v) is 3.73. The van der Waals surface area contributed by atoms with Gasteiger partial charge in [0, 0.05) is 24.0 Å². The molecule has 1 aliphatic rings. The Morgan fingerprint density at radius 1 is 1.38 bits per heavy atom. The second kappa shape index (κ2) is 6.38. The number of carbonyl (C=O) groups excluding carboxylic acids is 1. The first-order chi connectivity index (χ1) is 9.86. The lowest BCUT2D eigenvalue weighted by atomic mass is 10.1. The summed E-state index contributed by atoms with van der Waals surface area (Å²) < 4.78 is 27.5. The highest BCUT2D eigenvalue weighted by atomic mass is 79.9. The average Bonchev–Trinajstić information content (AvgIpc) is 2.81. The van der Waals surface area contributed by atoms with Crippen LogP contribution in [0.4, 0.5) is 19.3 Å². The van der Waals surface area contributed by atoms with Gasteiger partial charge in [-0.2, -0.15) is 0 Å². The van der Waals surface area contributed by atoms with Gasteiger partial charge in [-0.05, 0) is 24.5 Å². The number of rotatable bonds is 3. The Kier molecular flexibility index (Phi) is 4.76. The van der Waals surface area contributed by atoms with Gasteiger partial charge in [0.1, 0.15) is 5.69 Å². The molecule has 1 aromatic carbocycles. The fourth-order valence-electron chi connectivity index (χ4n) is 2.28. The molecule has 1 aromatic rings. The average molecular weight is 363 g/mol. The smallest absolute Gasteiger partial charge is 0.322 e. The molecule has 1 saturated heterocycles. The van der Waals surface area contributed by atoms with Gasteiger partial charge in [0.05, 0.1) is 0 Å². The van der Waals surface area contributed by atoms with E-state index in [0.29, 0.717) is 13.0 Å². The van der Waals surface area contributed by atoms with Crippen molar-refractivity contribution in [2.24, 2.45) is 5.92 Å². The first-order valence-electron chi connectivity index (χ1n) is 6.29. The second-order valence-corrected chi connectivity index (χ2v) is 5.79. The van der Waals surface area contributed by atoms with Crippen LogP contribution in [-0.4, -0.2) is 35.1 Å². The molecule has 21 heavy (non-hydrogen) atoms. The van der Waals surface area contributed by atoms with Gasteiger partial charge in [0.2, 0.25) is 0 Å². The molecule has 8 heteroatoms. The first kappa shape index (κ1) is 15.7. The van der Waals surface area contributed by atoms with Crippen molar-refractivity contribution >= 4 is 33.6 Å². The summed E-state index contributed by atoms with van der Waals surface area (Å²) in [6, 6.07) is 1.47. The molecular weight excluding hydrogens is 350 g/mol. The lowest BCUT2D eigenvalue weighted by molar-refractivity contribution is -0.138. The zero-order valence-electron chi connectivity index (χ0n) is 10.9. The van der Waals surface area contributed by atoms with Gasteiger partial charge in [0.15, 0.2) is 11.6 Å². The van der Waals surface area contributed by atoms with Crippen molar-refractivity contribution < 1.29 is 23.5 Å². The molecule has 0 aliphatic carbocycles. The van der Waals surface area contributed by atoms with Crippen LogP contribution in [0.5, 0.6) is 0 Å². The molecule has 1 fully saturated rings. The molecule has 0 bridgehead atoms. The SMILES string of the molecule is O=C(O)CC1CCN(C(=O)Nc2c(F)cc(Br)cc2F)C1. The number of carboxylic acids is 1. The summed E-state index contributed by atoms with van der Waals surface area (Å²) in [7, 11) is 0. The number of likely N-dealkylation sites (tertiary alicyclic amines) is 1. The highest BCUT2D eigenvalue weighted by molar-refractivity contribution is 9.10. The van der Waals surface area contributed by atoms with Crippen LogP contribution in [0.15, 0.2) is 16.6 Å². The number of anilines is 1. The van der Waals surface area contributed by atoms with Crippen LogP contribution < -0.4 is 5.32 Å². The van der Waals surface area contributed by atoms with Crippen molar-refractivity contribution in [3.63, 3.8) is 0 Å². The summed E-state index contributed by atoms with van der Waals surface area (Å²) in [6.45, 7) is 0.626. The Labute approximate surface area is 128 Å². The van der Waals surface area contributed by atoms with Gasteiger partial charge in [-0.15, -0.1) is 0 Å². The summed E-state index contributed by atoms with van der Waals surface area (Å²) in [5.41, 5.74) is -0.509. The summed E-state index contributed by atoms with van der Waals surface area (Å²) >= 11 is 2.95. The predicted octanol–water partition coefficient (Wildman–Crippen LogP) is 3.06. The molecule has 0 radical (unpaired) electrons. The van der Waals surface area contributed by atoms with Crippen LogP contribution in [0.3, 0.4) is 0 Å². The largest absolute Gasteiger partial charge is 0.481 e. The molecule has 2 rings (SSSR count). The number of halogens is 3. The third-order valence-electron chi connectivity index (χ3n) is 3.28. The van der Waals surface area contributed by atoms with Crippen molar-refractivity contribution in [3.05, 3.63) is 28.2 Å². The second-order valence-electron chi connectivity index (χ2n) is 4.87. The van der Waals surface area contributed by atoms with Gasteiger partial charge in [-0.1, -0.05) is 15.9 Å². The molecule has 0 aromatic heterocycles. The van der Waals surface area contributed by atoms with Crippen LogP contribution in [-0.2, 0) is 4.79 Å². The van der Waals surface area contributed by atoms with E-state index in [0.717, 1.165) is 12.1 Å². The van der Waals surface area contributed by atoms with Gasteiger partial charge in [-0.3, -0.25) is 4.79 Å². The number of nitrogens with one attached hydrogen (secondary N) is 1. The maximum absolute atomic E-state index is 13.6. The monoisotopic (exact) mass is 362 g/mol. The lowest BCUT2D eigenvalue weighted by Gasteiger charge is -2.17. The Morgan fingerprint density at radius 3 is 2.57 bits per heavy atom. The van der Waals surface area contributed by atoms with E-state index in [2.05, 4.69) is 21.2 Å². The number of hydrogen-bond donors (Lipinski definition) is 2. The van der Waals surface area contributed by atoms with E-state index in [4.69, 9.17) is 5.11 Å². The van der Waals surface area contributed by atoms with E-state index in [-0.39, 0.29) is 23.4 Å². The fourth-order valence-corrected chi connectivity index (χ4v) is 2.68. The molecule has 0 saturated carbocycles. The van der Waals surface area contributed by atoms with Crippen molar-refractivity contribution in [1.29, 1.82) is 0 Å². The van der Waals surface area contributed by atoms with E-state index in [1.807, 2.05) is 0 Å². The molecule has 2 N–H and O–H groups in total. The highest BCUT2D eigenvalue weighted by Gasteiger charge is 2.28. The number of carbonyl (C=O) groups is 2. The zero-order valence-corrected chi connectivity index (χ0v) is 12.5. The molecule has 2 amide bonds. The molecule has 1 aliphatic heterocycles. The first-order valence-corrected chi connectivity index (χ1v) is 7.08. The summed E-state index contributed by atoms with van der Waals surface area (Å²) in [6.07, 6.45) is 0.538. The number of nitrogens with zero attached hydrogens (tertiary/aromatic N) is 1. The van der Waals surface area contributed by atoms with Crippen LogP contribution in [0, 0.1) is 17.6 Å². The van der Waals surface area contributed by atoms with Crippen molar-refractivity contribution in [2.45, 2.75) is 12.8 Å². The van der Waals surface area contributed by atoms with Crippen molar-refractivity contribution in [3.8, 4) is 0 Å². The van der Waals surface area contributed by atoms with E-state index in [1.165, 1.54) is 4.90 Å². The van der Waals surface area contributed by atoms with E-state index < -0.39 is 29.3 Å². The van der Waals surface area contributed by atoms with E-state index in [9.17, 15) is 18.4 Å². The van der Waals surface area contributed by atoms with E-state index in [1.54, 1.807) is 0 Å². The molecule has 5 nitrogen and oxygen atoms in total. The van der Waals surface area contributed by atoms with Crippen molar-refractivity contribution in [1.82, 2.24) is 4.90 Å². The van der Waals surface area contributed by atoms with Crippen LogP contribution in [0.2, 0.25) is 0 Å². The number of aliphatic carboxylic acids is 1. The number of urea groups is 1. The molecule has 0 spiro atoms. The predicted molar refractivity (Wildman–Crippen MR) is 75.0 cm³/mol. The van der Waals surface area contributed by atoms with Gasteiger partial charge >= 0.3 is 12.0 Å². The topological polar surface area (TPSA) is 69.6 Å². The Bertz CT molecular complexity index is 560. The Hall–Kier alpha value is -1.70. The minimum absolute atomic E-state index is 0.0230. The number of hydrogen-bond acceptors (Lipinski definition) is 2. The normalized spacial score (nSPS) is 17.9. The summed E-state index contributed by atoms with van der Waals surface area (Å²) in [5.74, 6) is -2.81. The van der Waals surface area contributed by atoms with Gasteiger partial charge < -0.3 is 15.3 Å². The molecular formula is C13H13BrF2N2O3. The fraction of sp³-hybridized carbons (Fsp3) is 0.385. The van der Waals surface area contributed by atoms with Gasteiger partial charge in [0.25, 0.3) is 0 Å². The third kappa shape index (κ3) is 3.90. The molecule has 114 valence electrons. The molecule has 1 unspecified atom stereocenters. The number of amides is 2. The van der Waals surface area contributed by atoms with Crippen LogP contribution >= 0.6 is 15.9 Å². The quantitative estimate of drug-likeness (QED) is 0.867. The standard InChI is InChI=1S/C13H13BrF2N2O3/c14-8-4-9(15)12(10(16)5-8)17-13(21)18-2-1-7(6-18)3-11(19)20/h4-5,7H,1-3,6H2,(H,17,21)(H,19,20). The zero-order chi connectivity index (χ0) is 15.6. The van der Waals surface area contributed by atoms with E-state index >= 15 is 0 Å². The number of carboxylic acid groups (broad SMARTS) is 1. The lowest BCUT2D eigenvalue weighted by Crippen LogP contribution is -2.33. The maximum Gasteiger partial charge on any atom is 0.322 e. The van der Waals surface area contributed by atoms with Gasteiger partial charge in [-0.25, -0.2) is 13.6 Å². The van der Waals surface area contributed by atoms with Crippen molar-refractivity contribution in [2.75, 3.05) is 18.4 Å².